The number of ether oxygens (including phenoxy) is 2. The van der Waals surface area contributed by atoms with Gasteiger partial charge in [-0.2, -0.15) is 31.4 Å². The van der Waals surface area contributed by atoms with Crippen LogP contribution in [0.2, 0.25) is 10.0 Å². The van der Waals surface area contributed by atoms with Gasteiger partial charge in [0.15, 0.2) is 11.5 Å². The van der Waals surface area contributed by atoms with Crippen LogP contribution in [0.15, 0.2) is 87.3 Å². The van der Waals surface area contributed by atoms with Crippen molar-refractivity contribution in [3.05, 3.63) is 120 Å². The maximum Gasteiger partial charge on any atom is 0.416 e. The summed E-state index contributed by atoms with van der Waals surface area (Å²) in [7, 11) is 2.72. The monoisotopic (exact) mass is 1030 g/mol. The van der Waals surface area contributed by atoms with Gasteiger partial charge in [-0.15, -0.1) is 0 Å². The van der Waals surface area contributed by atoms with Crippen molar-refractivity contribution in [3.63, 3.8) is 0 Å². The van der Waals surface area contributed by atoms with Crippen molar-refractivity contribution in [2.24, 2.45) is 23.7 Å². The summed E-state index contributed by atoms with van der Waals surface area (Å²) in [5, 5.41) is 12.2. The van der Waals surface area contributed by atoms with Crippen molar-refractivity contribution in [3.8, 4) is 17.2 Å². The summed E-state index contributed by atoms with van der Waals surface area (Å²) < 4.78 is 95.3. The molecular formula is C42H29Br2Cl2F6N3O7. The summed E-state index contributed by atoms with van der Waals surface area (Å²) in [6, 6.07) is 12.7. The van der Waals surface area contributed by atoms with E-state index < -0.39 is 87.8 Å². The number of benzene rings is 4. The molecule has 20 heteroatoms. The summed E-state index contributed by atoms with van der Waals surface area (Å²) in [5.74, 6) is -10.0. The van der Waals surface area contributed by atoms with Crippen molar-refractivity contribution in [2.45, 2.75) is 36.5 Å². The van der Waals surface area contributed by atoms with Gasteiger partial charge in [-0.05, 0) is 116 Å². The van der Waals surface area contributed by atoms with Gasteiger partial charge in [0.25, 0.3) is 11.8 Å². The number of hydrazine groups is 1. The number of nitrogens with zero attached hydrogens (tertiary/aromatic N) is 2. The zero-order valence-corrected chi connectivity index (χ0v) is 36.5. The highest BCUT2D eigenvalue weighted by Gasteiger charge is 2.71. The van der Waals surface area contributed by atoms with Gasteiger partial charge in [-0.3, -0.25) is 24.6 Å². The van der Waals surface area contributed by atoms with E-state index in [2.05, 4.69) is 37.3 Å². The molecule has 2 N–H and O–H groups in total. The highest BCUT2D eigenvalue weighted by Crippen LogP contribution is 2.66. The number of hydrogen-bond donors (Lipinski definition) is 2. The van der Waals surface area contributed by atoms with E-state index in [-0.39, 0.29) is 60.6 Å². The number of amides is 4. The van der Waals surface area contributed by atoms with Crippen molar-refractivity contribution < 1.29 is 60.1 Å². The Labute approximate surface area is 375 Å². The van der Waals surface area contributed by atoms with E-state index in [1.54, 1.807) is 30.3 Å². The molecule has 10 nitrogen and oxygen atoms in total. The molecule has 6 unspecified atom stereocenters. The Kier molecular flexibility index (Phi) is 11.0. The fourth-order valence-corrected chi connectivity index (χ4v) is 10.9. The number of hydrogen-bond acceptors (Lipinski definition) is 8. The number of methoxy groups -OCH3 is 2. The second kappa shape index (κ2) is 15.5. The van der Waals surface area contributed by atoms with Crippen LogP contribution in [0.1, 0.15) is 41.0 Å². The number of allylic oxidation sites excluding steroid dienone is 2. The van der Waals surface area contributed by atoms with E-state index in [9.17, 15) is 41.0 Å². The Morgan fingerprint density at radius 1 is 0.806 bits per heavy atom. The first-order valence-corrected chi connectivity index (χ1v) is 20.9. The zero-order chi connectivity index (χ0) is 45.0. The minimum atomic E-state index is -5.27. The Hall–Kier alpha value is -4.78. The summed E-state index contributed by atoms with van der Waals surface area (Å²) in [5.41, 5.74) is -2.33. The average molecular weight is 1030 g/mol. The number of carbonyl (C=O) groups is 4. The molecule has 0 bridgehead atoms. The SMILES string of the molecule is COc1ccc(C23C(=O)N(Nc4ccc(Cl)cc4Cl)C(=O)C2CC2C(=CCC4C(=O)N(c5cc(C(F)(F)F)cc(C(F)(F)F)c5)C(=O)C42)C3c2cc(OC)c(O)c(Br)c2Br)cc1. The van der Waals surface area contributed by atoms with E-state index in [4.69, 9.17) is 32.7 Å². The number of rotatable bonds is 7. The summed E-state index contributed by atoms with van der Waals surface area (Å²) >= 11 is 19.6. The normalized spacial score (nSPS) is 24.8. The van der Waals surface area contributed by atoms with Gasteiger partial charge >= 0.3 is 12.4 Å². The van der Waals surface area contributed by atoms with Crippen LogP contribution in [0, 0.1) is 23.7 Å². The van der Waals surface area contributed by atoms with E-state index in [0.717, 1.165) is 5.01 Å². The van der Waals surface area contributed by atoms with Crippen LogP contribution in [-0.2, 0) is 36.9 Å². The highest BCUT2D eigenvalue weighted by atomic mass is 79.9. The lowest BCUT2D eigenvalue weighted by Crippen LogP contribution is -2.53. The standard InChI is InChI=1S/C42H29Br2Cl2F6N3O7/c1-61-22-6-3-17(4-7-22)40-27(37(58)55(39(40)60)53-29-10-5-20(45)14-28(29)46)15-25-23(32(40)26-16-30(62-2)35(56)34(44)33(26)43)8-9-24-31(25)38(59)54(36(24)57)21-12-18(41(47,48)49)11-19(13-21)42(50,51)52/h3-8,10-14,16,24-25,27,31-32,53,56H,9,15H2,1-2H3. The minimum Gasteiger partial charge on any atom is -0.503 e. The number of phenolic OH excluding ortho intramolecular Hbond substituents is 1. The molecule has 1 saturated carbocycles. The third-order valence-electron chi connectivity index (χ3n) is 12.1. The van der Waals surface area contributed by atoms with Gasteiger partial charge in [0.1, 0.15) is 5.75 Å². The quantitative estimate of drug-likeness (QED) is 0.107. The number of carbonyl (C=O) groups excluding carboxylic acids is 4. The van der Waals surface area contributed by atoms with Gasteiger partial charge in [0.2, 0.25) is 11.8 Å². The molecule has 4 aromatic rings. The number of anilines is 2. The maximum absolute atomic E-state index is 15.6. The molecule has 4 aromatic carbocycles. The van der Waals surface area contributed by atoms with Crippen LogP contribution in [0.25, 0.3) is 0 Å². The van der Waals surface area contributed by atoms with Crippen molar-refractivity contribution in [1.29, 1.82) is 0 Å². The minimum absolute atomic E-state index is 0.0515. The molecule has 2 aliphatic heterocycles. The van der Waals surface area contributed by atoms with Gasteiger partial charge in [0.05, 0.1) is 69.4 Å². The molecule has 324 valence electrons. The molecule has 6 atom stereocenters. The summed E-state index contributed by atoms with van der Waals surface area (Å²) in [6.07, 6.45) is -9.43. The fourth-order valence-electron chi connectivity index (χ4n) is 9.49. The number of imide groups is 2. The Morgan fingerprint density at radius 2 is 1.45 bits per heavy atom. The van der Waals surface area contributed by atoms with Crippen LogP contribution in [0.3, 0.4) is 0 Å². The number of aromatic hydroxyl groups is 1. The Morgan fingerprint density at radius 3 is 2.03 bits per heavy atom. The predicted octanol–water partition coefficient (Wildman–Crippen LogP) is 10.5. The van der Waals surface area contributed by atoms with Gasteiger partial charge in [0, 0.05) is 15.4 Å². The molecule has 2 heterocycles. The Bertz CT molecular complexity index is 2600. The average Bonchev–Trinajstić information content (AvgIpc) is 3.61. The molecule has 3 fully saturated rings. The summed E-state index contributed by atoms with van der Waals surface area (Å²) in [4.78, 5) is 59.9. The third kappa shape index (κ3) is 6.74. The predicted molar refractivity (Wildman–Crippen MR) is 220 cm³/mol. The maximum atomic E-state index is 15.6. The molecule has 8 rings (SSSR count). The van der Waals surface area contributed by atoms with E-state index in [1.165, 1.54) is 38.5 Å². The van der Waals surface area contributed by atoms with E-state index in [0.29, 0.717) is 33.9 Å². The second-order valence-electron chi connectivity index (χ2n) is 15.1. The van der Waals surface area contributed by atoms with Crippen molar-refractivity contribution in [2.75, 3.05) is 24.5 Å². The lowest BCUT2D eigenvalue weighted by Gasteiger charge is -2.51. The van der Waals surface area contributed by atoms with Crippen LogP contribution in [0.4, 0.5) is 37.7 Å². The molecule has 0 aromatic heterocycles. The fraction of sp³-hybridized carbons (Fsp3) is 0.286. The van der Waals surface area contributed by atoms with Crippen molar-refractivity contribution >= 4 is 90.1 Å². The molecular weight excluding hydrogens is 1000 g/mol. The molecule has 62 heavy (non-hydrogen) atoms. The molecule has 0 spiro atoms. The van der Waals surface area contributed by atoms with Gasteiger partial charge < -0.3 is 14.6 Å². The Balaban J connectivity index is 1.36. The van der Waals surface area contributed by atoms with Crippen LogP contribution < -0.4 is 19.8 Å². The zero-order valence-electron chi connectivity index (χ0n) is 31.8. The molecule has 2 aliphatic carbocycles. The lowest BCUT2D eigenvalue weighted by molar-refractivity contribution is -0.143. The molecule has 4 aliphatic rings. The lowest BCUT2D eigenvalue weighted by atomic mass is 9.49. The van der Waals surface area contributed by atoms with Crippen LogP contribution >= 0.6 is 55.1 Å². The molecule has 2 saturated heterocycles. The van der Waals surface area contributed by atoms with E-state index >= 15 is 9.59 Å². The molecule has 4 amide bonds. The number of alkyl halides is 6. The summed E-state index contributed by atoms with van der Waals surface area (Å²) in [6.45, 7) is 0. The number of fused-ring (bicyclic) bond motifs is 4. The topological polar surface area (TPSA) is 125 Å². The second-order valence-corrected chi connectivity index (χ2v) is 17.6. The van der Waals surface area contributed by atoms with E-state index in [1.807, 2.05) is 0 Å². The first-order chi connectivity index (χ1) is 29.1. The first-order valence-electron chi connectivity index (χ1n) is 18.5. The van der Waals surface area contributed by atoms with Crippen LogP contribution in [0.5, 0.6) is 17.2 Å². The third-order valence-corrected chi connectivity index (χ3v) is 14.8. The van der Waals surface area contributed by atoms with Gasteiger partial charge in [-0.1, -0.05) is 47.0 Å². The number of nitrogens with one attached hydrogen (secondary N) is 1. The van der Waals surface area contributed by atoms with Crippen LogP contribution in [-0.4, -0.2) is 48.0 Å². The largest absolute Gasteiger partial charge is 0.503 e. The molecule has 0 radical (unpaired) electrons. The number of phenols is 1. The van der Waals surface area contributed by atoms with Gasteiger partial charge in [-0.25, -0.2) is 4.90 Å². The highest BCUT2D eigenvalue weighted by molar-refractivity contribution is 9.13. The smallest absolute Gasteiger partial charge is 0.416 e. The first kappa shape index (κ1) is 43.9. The van der Waals surface area contributed by atoms with Crippen molar-refractivity contribution in [1.82, 2.24) is 5.01 Å². The number of halogens is 10.